The Morgan fingerprint density at radius 2 is 2.14 bits per heavy atom. The summed E-state index contributed by atoms with van der Waals surface area (Å²) >= 11 is 0. The van der Waals surface area contributed by atoms with Crippen molar-refractivity contribution < 1.29 is 5.11 Å². The Kier molecular flexibility index (Phi) is 3.21. The summed E-state index contributed by atoms with van der Waals surface area (Å²) in [6, 6.07) is 10.8. The average Bonchev–Trinajstić information content (AvgIpc) is 2.87. The van der Waals surface area contributed by atoms with Crippen LogP contribution < -0.4 is 0 Å². The van der Waals surface area contributed by atoms with Crippen LogP contribution in [0, 0.1) is 6.92 Å². The number of likely N-dealkylation sites (tertiary alicyclic amines) is 1. The second-order valence-corrected chi connectivity index (χ2v) is 6.14. The summed E-state index contributed by atoms with van der Waals surface area (Å²) in [4.78, 5) is 9.94. The molecule has 1 aliphatic rings. The van der Waals surface area contributed by atoms with E-state index in [4.69, 9.17) is 0 Å². The molecule has 3 heterocycles. The van der Waals surface area contributed by atoms with E-state index in [1.165, 1.54) is 22.1 Å². The van der Waals surface area contributed by atoms with Gasteiger partial charge in [0.1, 0.15) is 5.65 Å². The molecular weight excluding hydrogens is 274 g/mol. The van der Waals surface area contributed by atoms with Crippen LogP contribution in [0.1, 0.15) is 11.1 Å². The second-order valence-electron chi connectivity index (χ2n) is 6.14. The summed E-state index contributed by atoms with van der Waals surface area (Å²) in [6.07, 6.45) is 3.77. The molecular formula is C18H19N3O. The average molecular weight is 293 g/mol. The minimum absolute atomic E-state index is 0.147. The number of fused-ring (bicyclic) bond motifs is 1. The first kappa shape index (κ1) is 13.5. The van der Waals surface area contributed by atoms with Gasteiger partial charge in [-0.05, 0) is 35.7 Å². The molecule has 4 heteroatoms. The van der Waals surface area contributed by atoms with Crippen molar-refractivity contribution in [1.29, 1.82) is 0 Å². The highest BCUT2D eigenvalue weighted by Crippen LogP contribution is 2.25. The summed E-state index contributed by atoms with van der Waals surface area (Å²) in [5.41, 5.74) is 5.76. The zero-order valence-electron chi connectivity index (χ0n) is 12.6. The van der Waals surface area contributed by atoms with Gasteiger partial charge in [-0.2, -0.15) is 0 Å². The first-order valence-corrected chi connectivity index (χ1v) is 7.62. The van der Waals surface area contributed by atoms with Crippen molar-refractivity contribution in [1.82, 2.24) is 14.9 Å². The molecule has 0 unspecified atom stereocenters. The van der Waals surface area contributed by atoms with E-state index in [1.54, 1.807) is 0 Å². The number of rotatable bonds is 3. The van der Waals surface area contributed by atoms with E-state index in [1.807, 2.05) is 12.4 Å². The molecule has 0 amide bonds. The Bertz CT molecular complexity index is 818. The number of aryl methyl sites for hydroxylation is 1. The number of aliphatic hydroxyl groups is 1. The van der Waals surface area contributed by atoms with Crippen molar-refractivity contribution in [3.8, 4) is 11.1 Å². The smallest absolute Gasteiger partial charge is 0.137 e. The van der Waals surface area contributed by atoms with Gasteiger partial charge in [-0.3, -0.25) is 4.90 Å². The number of aromatic amines is 1. The number of β-amino-alcohol motifs (C(OH)–C–C–N with tert-alkyl or cyclic N) is 1. The number of hydrogen-bond acceptors (Lipinski definition) is 3. The molecule has 3 aromatic rings. The van der Waals surface area contributed by atoms with E-state index in [0.29, 0.717) is 0 Å². The van der Waals surface area contributed by atoms with E-state index in [-0.39, 0.29) is 6.10 Å². The van der Waals surface area contributed by atoms with Gasteiger partial charge in [0.2, 0.25) is 0 Å². The van der Waals surface area contributed by atoms with Crippen molar-refractivity contribution in [3.05, 3.63) is 53.9 Å². The fraction of sp³-hybridized carbons (Fsp3) is 0.278. The minimum atomic E-state index is -0.147. The summed E-state index contributed by atoms with van der Waals surface area (Å²) in [6.45, 7) is 4.54. The lowest BCUT2D eigenvalue weighted by Crippen LogP contribution is -2.49. The van der Waals surface area contributed by atoms with Crippen LogP contribution in [-0.4, -0.2) is 39.2 Å². The van der Waals surface area contributed by atoms with E-state index in [0.717, 1.165) is 30.8 Å². The Morgan fingerprint density at radius 3 is 2.95 bits per heavy atom. The minimum Gasteiger partial charge on any atom is -0.390 e. The predicted molar refractivity (Wildman–Crippen MR) is 87.6 cm³/mol. The van der Waals surface area contributed by atoms with Crippen LogP contribution in [0.5, 0.6) is 0 Å². The monoisotopic (exact) mass is 293 g/mol. The molecule has 0 radical (unpaired) electrons. The Labute approximate surface area is 129 Å². The van der Waals surface area contributed by atoms with Gasteiger partial charge < -0.3 is 10.1 Å². The quantitative estimate of drug-likeness (QED) is 0.780. The van der Waals surface area contributed by atoms with E-state index in [9.17, 15) is 5.11 Å². The van der Waals surface area contributed by atoms with Gasteiger partial charge in [-0.1, -0.05) is 18.2 Å². The number of hydrogen-bond donors (Lipinski definition) is 2. The number of nitrogens with zero attached hydrogens (tertiary/aromatic N) is 2. The molecule has 1 fully saturated rings. The first-order valence-electron chi connectivity index (χ1n) is 7.62. The topological polar surface area (TPSA) is 52.2 Å². The molecule has 22 heavy (non-hydrogen) atoms. The predicted octanol–water partition coefficient (Wildman–Crippen LogP) is 2.71. The Balaban J connectivity index is 1.64. The van der Waals surface area contributed by atoms with Crippen LogP contribution >= 0.6 is 0 Å². The number of aromatic nitrogens is 2. The molecule has 1 aliphatic heterocycles. The third kappa shape index (κ3) is 2.40. The number of aliphatic hydroxyl groups excluding tert-OH is 1. The van der Waals surface area contributed by atoms with Gasteiger partial charge in [-0.25, -0.2) is 4.98 Å². The number of benzene rings is 1. The maximum atomic E-state index is 9.38. The molecule has 1 aromatic carbocycles. The van der Waals surface area contributed by atoms with Crippen LogP contribution in [0.2, 0.25) is 0 Å². The van der Waals surface area contributed by atoms with E-state index < -0.39 is 0 Å². The maximum absolute atomic E-state index is 9.38. The van der Waals surface area contributed by atoms with Crippen molar-refractivity contribution >= 4 is 11.0 Å². The zero-order chi connectivity index (χ0) is 15.1. The summed E-state index contributed by atoms with van der Waals surface area (Å²) < 4.78 is 0. The molecule has 112 valence electrons. The summed E-state index contributed by atoms with van der Waals surface area (Å²) in [5, 5.41) is 10.6. The molecule has 0 aliphatic carbocycles. The number of pyridine rings is 1. The molecule has 2 N–H and O–H groups in total. The lowest BCUT2D eigenvalue weighted by atomic mass is 10.0. The van der Waals surface area contributed by atoms with Crippen molar-refractivity contribution in [2.45, 2.75) is 19.6 Å². The fourth-order valence-corrected chi connectivity index (χ4v) is 3.07. The zero-order valence-corrected chi connectivity index (χ0v) is 12.6. The highest BCUT2D eigenvalue weighted by Gasteiger charge is 2.23. The molecule has 0 spiro atoms. The lowest BCUT2D eigenvalue weighted by Gasteiger charge is -2.35. The third-order valence-electron chi connectivity index (χ3n) is 4.34. The van der Waals surface area contributed by atoms with Crippen LogP contribution in [0.25, 0.3) is 22.2 Å². The highest BCUT2D eigenvalue weighted by molar-refractivity contribution is 5.84. The molecule has 4 nitrogen and oxygen atoms in total. The molecule has 1 saturated heterocycles. The summed E-state index contributed by atoms with van der Waals surface area (Å²) in [5.74, 6) is 0. The summed E-state index contributed by atoms with van der Waals surface area (Å²) in [7, 11) is 0. The van der Waals surface area contributed by atoms with Crippen molar-refractivity contribution in [2.24, 2.45) is 0 Å². The van der Waals surface area contributed by atoms with Gasteiger partial charge in [-0.15, -0.1) is 0 Å². The Hall–Kier alpha value is -2.17. The van der Waals surface area contributed by atoms with Gasteiger partial charge in [0.15, 0.2) is 0 Å². The molecule has 0 atom stereocenters. The second kappa shape index (κ2) is 5.23. The van der Waals surface area contributed by atoms with Crippen LogP contribution in [-0.2, 0) is 6.54 Å². The number of nitrogens with one attached hydrogen (secondary N) is 1. The first-order chi connectivity index (χ1) is 10.7. The molecule has 4 rings (SSSR count). The van der Waals surface area contributed by atoms with Gasteiger partial charge in [0.25, 0.3) is 0 Å². The number of H-pyrrole nitrogens is 1. The maximum Gasteiger partial charge on any atom is 0.137 e. The van der Waals surface area contributed by atoms with Crippen LogP contribution in [0.4, 0.5) is 0 Å². The highest BCUT2D eigenvalue weighted by atomic mass is 16.3. The van der Waals surface area contributed by atoms with E-state index >= 15 is 0 Å². The molecule has 0 bridgehead atoms. The largest absolute Gasteiger partial charge is 0.390 e. The molecule has 2 aromatic heterocycles. The Morgan fingerprint density at radius 1 is 1.27 bits per heavy atom. The van der Waals surface area contributed by atoms with Crippen molar-refractivity contribution in [2.75, 3.05) is 13.1 Å². The SMILES string of the molecule is Cc1c[nH]c2ncc(-c3cccc(CN4CC(O)C4)c3)cc12. The molecule has 0 saturated carbocycles. The van der Waals surface area contributed by atoms with Crippen LogP contribution in [0.3, 0.4) is 0 Å². The van der Waals surface area contributed by atoms with Gasteiger partial charge in [0.05, 0.1) is 6.10 Å². The van der Waals surface area contributed by atoms with Crippen molar-refractivity contribution in [3.63, 3.8) is 0 Å². The standard InChI is InChI=1S/C18H19N3O/c1-12-7-19-18-17(12)6-15(8-20-18)14-4-2-3-13(5-14)9-21-10-16(22)11-21/h2-8,16,22H,9-11H2,1H3,(H,19,20). The van der Waals surface area contributed by atoms with Gasteiger partial charge in [0, 0.05) is 43.0 Å². The fourth-order valence-electron chi connectivity index (χ4n) is 3.07. The normalized spacial score (nSPS) is 16.1. The van der Waals surface area contributed by atoms with Crippen LogP contribution in [0.15, 0.2) is 42.7 Å². The lowest BCUT2D eigenvalue weighted by molar-refractivity contribution is -0.00285. The van der Waals surface area contributed by atoms with E-state index in [2.05, 4.69) is 52.1 Å². The van der Waals surface area contributed by atoms with Gasteiger partial charge >= 0.3 is 0 Å². The third-order valence-corrected chi connectivity index (χ3v) is 4.34.